The van der Waals surface area contributed by atoms with Crippen molar-refractivity contribution in [3.05, 3.63) is 53.3 Å². The van der Waals surface area contributed by atoms with Gasteiger partial charge in [-0.1, -0.05) is 6.07 Å². The highest BCUT2D eigenvalue weighted by atomic mass is 16.5. The van der Waals surface area contributed by atoms with Crippen molar-refractivity contribution in [1.82, 2.24) is 20.5 Å². The van der Waals surface area contributed by atoms with Crippen LogP contribution in [-0.2, 0) is 11.2 Å². The van der Waals surface area contributed by atoms with Crippen LogP contribution in [0.3, 0.4) is 0 Å². The van der Waals surface area contributed by atoms with Crippen LogP contribution in [0, 0.1) is 6.92 Å². The number of aromatic nitrogens is 1. The van der Waals surface area contributed by atoms with Gasteiger partial charge in [-0.05, 0) is 37.6 Å². The van der Waals surface area contributed by atoms with E-state index in [0.29, 0.717) is 43.2 Å². The lowest BCUT2D eigenvalue weighted by Gasteiger charge is -2.22. The lowest BCUT2D eigenvalue weighted by Crippen LogP contribution is -2.41. The van der Waals surface area contributed by atoms with Gasteiger partial charge in [-0.3, -0.25) is 19.5 Å². The number of benzene rings is 1. The van der Waals surface area contributed by atoms with Crippen molar-refractivity contribution in [2.75, 3.05) is 46.4 Å². The second-order valence-corrected chi connectivity index (χ2v) is 7.47. The third-order valence-electron chi connectivity index (χ3n) is 5.05. The number of amides is 2. The third kappa shape index (κ3) is 6.96. The molecule has 0 spiro atoms. The minimum absolute atomic E-state index is 0.0484. The van der Waals surface area contributed by atoms with Crippen LogP contribution >= 0.6 is 0 Å². The summed E-state index contributed by atoms with van der Waals surface area (Å²) < 4.78 is 11.0. The van der Waals surface area contributed by atoms with Crippen molar-refractivity contribution in [2.24, 2.45) is 0 Å². The van der Waals surface area contributed by atoms with Crippen LogP contribution in [0.1, 0.15) is 28.2 Å². The van der Waals surface area contributed by atoms with Crippen LogP contribution in [-0.4, -0.2) is 68.1 Å². The van der Waals surface area contributed by atoms with Crippen molar-refractivity contribution in [2.45, 2.75) is 19.8 Å². The van der Waals surface area contributed by atoms with E-state index in [1.165, 1.54) is 0 Å². The Balaban J connectivity index is 1.64. The first kappa shape index (κ1) is 22.6. The molecule has 1 aliphatic heterocycles. The molecular weight excluding hydrogens is 396 g/mol. The SMILES string of the molecule is COc1ccc2c(c1)OCCNC(=O)CN(CCc1cccc(C)n1)CCCNC2=O. The normalized spacial score (nSPS) is 16.3. The molecule has 1 aromatic heterocycles. The van der Waals surface area contributed by atoms with E-state index < -0.39 is 0 Å². The molecule has 0 saturated carbocycles. The molecular formula is C23H30N4O4. The Labute approximate surface area is 182 Å². The molecule has 0 unspecified atom stereocenters. The number of pyridine rings is 1. The summed E-state index contributed by atoms with van der Waals surface area (Å²) in [7, 11) is 1.56. The summed E-state index contributed by atoms with van der Waals surface area (Å²) >= 11 is 0. The number of rotatable bonds is 4. The van der Waals surface area contributed by atoms with Gasteiger partial charge in [-0.15, -0.1) is 0 Å². The van der Waals surface area contributed by atoms with Crippen LogP contribution in [0.25, 0.3) is 0 Å². The zero-order valence-corrected chi connectivity index (χ0v) is 18.1. The van der Waals surface area contributed by atoms with E-state index in [2.05, 4.69) is 20.5 Å². The highest BCUT2D eigenvalue weighted by molar-refractivity contribution is 5.97. The molecule has 8 heteroatoms. The Bertz CT molecular complexity index is 903. The van der Waals surface area contributed by atoms with Gasteiger partial charge in [0.05, 0.1) is 25.8 Å². The van der Waals surface area contributed by atoms with E-state index in [0.717, 1.165) is 30.8 Å². The van der Waals surface area contributed by atoms with Crippen LogP contribution in [0.15, 0.2) is 36.4 Å². The molecule has 2 aromatic rings. The van der Waals surface area contributed by atoms with Crippen molar-refractivity contribution < 1.29 is 19.1 Å². The maximum absolute atomic E-state index is 12.6. The molecule has 0 radical (unpaired) electrons. The molecule has 166 valence electrons. The van der Waals surface area contributed by atoms with Gasteiger partial charge in [0.2, 0.25) is 5.91 Å². The molecule has 1 aliphatic rings. The fourth-order valence-electron chi connectivity index (χ4n) is 3.43. The summed E-state index contributed by atoms with van der Waals surface area (Å²) in [5, 5.41) is 5.84. The van der Waals surface area contributed by atoms with Crippen LogP contribution in [0.4, 0.5) is 0 Å². The van der Waals surface area contributed by atoms with Gasteiger partial charge < -0.3 is 20.1 Å². The summed E-state index contributed by atoms with van der Waals surface area (Å²) in [5.74, 6) is 0.813. The summed E-state index contributed by atoms with van der Waals surface area (Å²) in [6.45, 7) is 4.80. The summed E-state index contributed by atoms with van der Waals surface area (Å²) in [6.07, 6.45) is 1.49. The number of carbonyl (C=O) groups excluding carboxylic acids is 2. The number of fused-ring (bicyclic) bond motifs is 1. The van der Waals surface area contributed by atoms with E-state index in [4.69, 9.17) is 9.47 Å². The van der Waals surface area contributed by atoms with Crippen LogP contribution in [0.2, 0.25) is 0 Å². The number of nitrogens with zero attached hydrogens (tertiary/aromatic N) is 2. The zero-order valence-electron chi connectivity index (χ0n) is 18.1. The number of hydrogen-bond donors (Lipinski definition) is 2. The van der Waals surface area contributed by atoms with Crippen molar-refractivity contribution >= 4 is 11.8 Å². The molecule has 31 heavy (non-hydrogen) atoms. The number of aryl methyl sites for hydroxylation is 1. The molecule has 2 heterocycles. The maximum atomic E-state index is 12.6. The summed E-state index contributed by atoms with van der Waals surface area (Å²) in [6, 6.07) is 11.1. The Kier molecular flexibility index (Phi) is 8.23. The standard InChI is InChI=1S/C23H30N4O4/c1-17-5-3-6-18(26-17)9-13-27-12-4-10-25-23(29)20-8-7-19(30-2)15-21(20)31-14-11-24-22(28)16-27/h3,5-8,15H,4,9-14,16H2,1-2H3,(H,24,28)(H,25,29). The molecule has 2 amide bonds. The number of methoxy groups -OCH3 is 1. The Morgan fingerprint density at radius 3 is 2.84 bits per heavy atom. The first-order chi connectivity index (χ1) is 15.0. The lowest BCUT2D eigenvalue weighted by molar-refractivity contribution is -0.122. The minimum Gasteiger partial charge on any atom is -0.497 e. The summed E-state index contributed by atoms with van der Waals surface area (Å²) in [5.41, 5.74) is 2.44. The first-order valence-corrected chi connectivity index (χ1v) is 10.6. The van der Waals surface area contributed by atoms with Gasteiger partial charge in [0.1, 0.15) is 18.1 Å². The number of nitrogens with one attached hydrogen (secondary N) is 2. The topological polar surface area (TPSA) is 92.8 Å². The van der Waals surface area contributed by atoms with Gasteiger partial charge in [0, 0.05) is 43.5 Å². The van der Waals surface area contributed by atoms with E-state index in [1.807, 2.05) is 25.1 Å². The third-order valence-corrected chi connectivity index (χ3v) is 5.05. The predicted molar refractivity (Wildman–Crippen MR) is 118 cm³/mol. The van der Waals surface area contributed by atoms with Gasteiger partial charge in [-0.25, -0.2) is 0 Å². The van der Waals surface area contributed by atoms with Crippen LogP contribution < -0.4 is 20.1 Å². The largest absolute Gasteiger partial charge is 0.497 e. The summed E-state index contributed by atoms with van der Waals surface area (Å²) in [4.78, 5) is 31.7. The molecule has 0 aliphatic carbocycles. The smallest absolute Gasteiger partial charge is 0.255 e. The Hall–Kier alpha value is -3.13. The lowest BCUT2D eigenvalue weighted by atomic mass is 10.1. The van der Waals surface area contributed by atoms with Crippen molar-refractivity contribution in [1.29, 1.82) is 0 Å². The highest BCUT2D eigenvalue weighted by Gasteiger charge is 2.16. The molecule has 1 aromatic carbocycles. The first-order valence-electron chi connectivity index (χ1n) is 10.6. The van der Waals surface area contributed by atoms with E-state index in [1.54, 1.807) is 25.3 Å². The average Bonchev–Trinajstić information content (AvgIpc) is 2.77. The average molecular weight is 427 g/mol. The zero-order chi connectivity index (χ0) is 22.1. The molecule has 3 rings (SSSR count). The quantitative estimate of drug-likeness (QED) is 0.771. The fourth-order valence-corrected chi connectivity index (χ4v) is 3.43. The van der Waals surface area contributed by atoms with E-state index >= 15 is 0 Å². The van der Waals surface area contributed by atoms with Crippen molar-refractivity contribution in [3.63, 3.8) is 0 Å². The minimum atomic E-state index is -0.186. The van der Waals surface area contributed by atoms with Gasteiger partial charge in [0.25, 0.3) is 5.91 Å². The highest BCUT2D eigenvalue weighted by Crippen LogP contribution is 2.25. The van der Waals surface area contributed by atoms with Crippen molar-refractivity contribution in [3.8, 4) is 11.5 Å². The molecule has 0 atom stereocenters. The maximum Gasteiger partial charge on any atom is 0.255 e. The number of ether oxygens (including phenoxy) is 2. The predicted octanol–water partition coefficient (Wildman–Crippen LogP) is 1.57. The molecule has 8 nitrogen and oxygen atoms in total. The second-order valence-electron chi connectivity index (χ2n) is 7.47. The Morgan fingerprint density at radius 1 is 1.16 bits per heavy atom. The second kappa shape index (κ2) is 11.3. The fraction of sp³-hybridized carbons (Fsp3) is 0.435. The number of carbonyl (C=O) groups is 2. The molecule has 0 saturated heterocycles. The Morgan fingerprint density at radius 2 is 2.03 bits per heavy atom. The van der Waals surface area contributed by atoms with Gasteiger partial charge in [-0.2, -0.15) is 0 Å². The number of hydrogen-bond acceptors (Lipinski definition) is 6. The van der Waals surface area contributed by atoms with E-state index in [-0.39, 0.29) is 18.4 Å². The molecule has 2 N–H and O–H groups in total. The molecule has 0 fully saturated rings. The van der Waals surface area contributed by atoms with Gasteiger partial charge >= 0.3 is 0 Å². The van der Waals surface area contributed by atoms with Crippen LogP contribution in [0.5, 0.6) is 11.5 Å². The van der Waals surface area contributed by atoms with Gasteiger partial charge in [0.15, 0.2) is 0 Å². The molecule has 0 bridgehead atoms. The van der Waals surface area contributed by atoms with E-state index in [9.17, 15) is 9.59 Å². The monoisotopic (exact) mass is 426 g/mol.